The van der Waals surface area contributed by atoms with Gasteiger partial charge in [0, 0.05) is 7.05 Å². The van der Waals surface area contributed by atoms with Gasteiger partial charge in [-0.1, -0.05) is 24.3 Å². The van der Waals surface area contributed by atoms with Gasteiger partial charge in [0.1, 0.15) is 6.61 Å². The van der Waals surface area contributed by atoms with Crippen molar-refractivity contribution in [2.24, 2.45) is 4.99 Å². The topological polar surface area (TPSA) is 36.9 Å². The number of amidine groups is 1. The average Bonchev–Trinajstić information content (AvgIpc) is 3.06. The van der Waals surface area contributed by atoms with Crippen LogP contribution in [0.2, 0.25) is 0 Å². The van der Waals surface area contributed by atoms with E-state index in [2.05, 4.69) is 29.6 Å². The highest BCUT2D eigenvalue weighted by atomic mass is 32.1. The summed E-state index contributed by atoms with van der Waals surface area (Å²) < 4.78 is 5.61. The number of hydrogen-bond donors (Lipinski definition) is 1. The third-order valence-corrected chi connectivity index (χ3v) is 4.03. The Hall–Kier alpha value is -1.62. The minimum atomic E-state index is 0.200. The Morgan fingerprint density at radius 3 is 3.16 bits per heavy atom. The standard InChI is InChI=1S/C14H17N3OS/c1-15-14(19)17-8-9-18-13(17)16-12-7-6-10-4-2-3-5-11(10)12/h2-5,12H,6-9H2,1H3,(H,15,19). The Labute approximate surface area is 118 Å². The SMILES string of the molecule is CNC(=S)N1CCOC1=NC1CCc2ccccc21. The van der Waals surface area contributed by atoms with Gasteiger partial charge in [0.15, 0.2) is 5.11 Å². The van der Waals surface area contributed by atoms with Crippen molar-refractivity contribution in [2.75, 3.05) is 20.2 Å². The van der Waals surface area contributed by atoms with Crippen LogP contribution < -0.4 is 5.32 Å². The van der Waals surface area contributed by atoms with Crippen LogP contribution in [-0.2, 0) is 11.2 Å². The van der Waals surface area contributed by atoms with Crippen molar-refractivity contribution in [3.05, 3.63) is 35.4 Å². The highest BCUT2D eigenvalue weighted by Gasteiger charge is 2.27. The molecule has 19 heavy (non-hydrogen) atoms. The molecule has 1 aromatic carbocycles. The third kappa shape index (κ3) is 2.30. The van der Waals surface area contributed by atoms with Crippen molar-refractivity contribution in [3.8, 4) is 0 Å². The molecule has 100 valence electrons. The first-order valence-corrected chi connectivity index (χ1v) is 6.98. The number of aryl methyl sites for hydroxylation is 1. The fourth-order valence-corrected chi connectivity index (χ4v) is 2.80. The summed E-state index contributed by atoms with van der Waals surface area (Å²) in [6.07, 6.45) is 2.14. The molecular formula is C14H17N3OS. The van der Waals surface area contributed by atoms with E-state index in [1.54, 1.807) is 0 Å². The largest absolute Gasteiger partial charge is 0.463 e. The van der Waals surface area contributed by atoms with E-state index in [4.69, 9.17) is 21.9 Å². The van der Waals surface area contributed by atoms with Gasteiger partial charge in [-0.3, -0.25) is 4.90 Å². The molecule has 1 fully saturated rings. The van der Waals surface area contributed by atoms with Crippen LogP contribution >= 0.6 is 12.2 Å². The van der Waals surface area contributed by atoms with Crippen LogP contribution in [0.15, 0.2) is 29.3 Å². The molecule has 0 bridgehead atoms. The molecule has 1 heterocycles. The van der Waals surface area contributed by atoms with Crippen molar-refractivity contribution in [2.45, 2.75) is 18.9 Å². The zero-order valence-electron chi connectivity index (χ0n) is 10.9. The highest BCUT2D eigenvalue weighted by molar-refractivity contribution is 7.80. The first-order chi connectivity index (χ1) is 9.29. The van der Waals surface area contributed by atoms with Gasteiger partial charge in [-0.05, 0) is 36.2 Å². The molecule has 1 aliphatic carbocycles. The van der Waals surface area contributed by atoms with Crippen molar-refractivity contribution in [1.82, 2.24) is 10.2 Å². The lowest BCUT2D eigenvalue weighted by atomic mass is 10.1. The lowest BCUT2D eigenvalue weighted by Crippen LogP contribution is -2.39. The van der Waals surface area contributed by atoms with Gasteiger partial charge in [-0.2, -0.15) is 0 Å². The molecular weight excluding hydrogens is 258 g/mol. The second kappa shape index (κ2) is 5.17. The maximum absolute atomic E-state index is 5.61. The Balaban J connectivity index is 1.85. The van der Waals surface area contributed by atoms with E-state index in [1.165, 1.54) is 11.1 Å². The number of hydrogen-bond acceptors (Lipinski definition) is 3. The summed E-state index contributed by atoms with van der Waals surface area (Å²) in [5.74, 6) is 0. The molecule has 0 radical (unpaired) electrons. The Kier molecular flexibility index (Phi) is 3.38. The molecule has 1 N–H and O–H groups in total. The van der Waals surface area contributed by atoms with E-state index >= 15 is 0 Å². The van der Waals surface area contributed by atoms with Crippen LogP contribution in [0.25, 0.3) is 0 Å². The van der Waals surface area contributed by atoms with Crippen LogP contribution in [0.5, 0.6) is 0 Å². The predicted octanol–water partition coefficient (Wildman–Crippen LogP) is 1.87. The van der Waals surface area contributed by atoms with Crippen LogP contribution in [0.4, 0.5) is 0 Å². The van der Waals surface area contributed by atoms with Crippen LogP contribution in [0.1, 0.15) is 23.6 Å². The zero-order chi connectivity index (χ0) is 13.2. The first-order valence-electron chi connectivity index (χ1n) is 6.57. The van der Waals surface area contributed by atoms with Crippen LogP contribution in [0.3, 0.4) is 0 Å². The van der Waals surface area contributed by atoms with Gasteiger partial charge in [-0.25, -0.2) is 4.99 Å². The van der Waals surface area contributed by atoms with Crippen molar-refractivity contribution in [1.29, 1.82) is 0 Å². The summed E-state index contributed by atoms with van der Waals surface area (Å²) in [5, 5.41) is 3.65. The van der Waals surface area contributed by atoms with Gasteiger partial charge in [0.2, 0.25) is 0 Å². The smallest absolute Gasteiger partial charge is 0.294 e. The maximum atomic E-state index is 5.61. The summed E-state index contributed by atoms with van der Waals surface area (Å²) in [4.78, 5) is 6.69. The molecule has 1 atom stereocenters. The minimum absolute atomic E-state index is 0.200. The van der Waals surface area contributed by atoms with Crippen LogP contribution in [-0.4, -0.2) is 36.2 Å². The fourth-order valence-electron chi connectivity index (χ4n) is 2.63. The Morgan fingerprint density at radius 1 is 1.47 bits per heavy atom. The van der Waals surface area contributed by atoms with Gasteiger partial charge in [-0.15, -0.1) is 0 Å². The molecule has 1 aliphatic heterocycles. The summed E-state index contributed by atoms with van der Waals surface area (Å²) >= 11 is 5.26. The van der Waals surface area contributed by atoms with E-state index in [-0.39, 0.29) is 6.04 Å². The summed E-state index contributed by atoms with van der Waals surface area (Å²) in [6, 6.07) is 9.35. The molecule has 5 heteroatoms. The molecule has 2 aliphatic rings. The molecule has 4 nitrogen and oxygen atoms in total. The molecule has 0 saturated carbocycles. The Morgan fingerprint density at radius 2 is 2.32 bits per heavy atom. The normalized spacial score (nSPS) is 23.3. The van der Waals surface area contributed by atoms with Crippen molar-refractivity contribution < 1.29 is 4.74 Å². The number of ether oxygens (including phenoxy) is 1. The van der Waals surface area contributed by atoms with E-state index in [0.717, 1.165) is 19.4 Å². The monoisotopic (exact) mass is 275 g/mol. The second-order valence-corrected chi connectivity index (χ2v) is 5.11. The van der Waals surface area contributed by atoms with Gasteiger partial charge < -0.3 is 10.1 Å². The quantitative estimate of drug-likeness (QED) is 0.794. The molecule has 0 aromatic heterocycles. The van der Waals surface area contributed by atoms with Crippen molar-refractivity contribution >= 4 is 23.4 Å². The number of aliphatic imine (C=N–C) groups is 1. The number of rotatable bonds is 1. The summed E-state index contributed by atoms with van der Waals surface area (Å²) in [5.41, 5.74) is 2.72. The van der Waals surface area contributed by atoms with Crippen molar-refractivity contribution in [3.63, 3.8) is 0 Å². The summed E-state index contributed by atoms with van der Waals surface area (Å²) in [7, 11) is 1.82. The number of nitrogens with one attached hydrogen (secondary N) is 1. The third-order valence-electron chi connectivity index (χ3n) is 3.60. The number of thiocarbonyl (C=S) groups is 1. The fraction of sp³-hybridized carbons (Fsp3) is 0.429. The first kappa shape index (κ1) is 12.4. The molecule has 0 amide bonds. The molecule has 1 saturated heterocycles. The van der Waals surface area contributed by atoms with Crippen LogP contribution in [0, 0.1) is 0 Å². The van der Waals surface area contributed by atoms with Gasteiger partial charge in [0.05, 0.1) is 12.6 Å². The molecule has 1 unspecified atom stereocenters. The average molecular weight is 275 g/mol. The van der Waals surface area contributed by atoms with E-state index in [0.29, 0.717) is 17.7 Å². The minimum Gasteiger partial charge on any atom is -0.463 e. The van der Waals surface area contributed by atoms with Gasteiger partial charge >= 0.3 is 0 Å². The zero-order valence-corrected chi connectivity index (χ0v) is 11.7. The van der Waals surface area contributed by atoms with E-state index < -0.39 is 0 Å². The van der Waals surface area contributed by atoms with Gasteiger partial charge in [0.25, 0.3) is 6.02 Å². The van der Waals surface area contributed by atoms with E-state index in [1.807, 2.05) is 11.9 Å². The molecule has 3 rings (SSSR count). The lowest BCUT2D eigenvalue weighted by molar-refractivity contribution is 0.348. The number of nitrogens with zero attached hydrogens (tertiary/aromatic N) is 2. The highest BCUT2D eigenvalue weighted by Crippen LogP contribution is 2.34. The molecule has 0 spiro atoms. The maximum Gasteiger partial charge on any atom is 0.294 e. The number of fused-ring (bicyclic) bond motifs is 1. The second-order valence-electron chi connectivity index (χ2n) is 4.72. The van der Waals surface area contributed by atoms with E-state index in [9.17, 15) is 0 Å². The lowest BCUT2D eigenvalue weighted by Gasteiger charge is -2.17. The Bertz CT molecular complexity index is 529. The number of benzene rings is 1. The summed E-state index contributed by atoms with van der Waals surface area (Å²) in [6.45, 7) is 1.42. The predicted molar refractivity (Wildman–Crippen MR) is 79.3 cm³/mol. The molecule has 1 aromatic rings.